The average molecular weight is 287 g/mol. The van der Waals surface area contributed by atoms with E-state index in [1.54, 1.807) is 18.2 Å². The number of carboxylic acid groups (broad SMARTS) is 1. The van der Waals surface area contributed by atoms with Gasteiger partial charge in [0.1, 0.15) is 0 Å². The van der Waals surface area contributed by atoms with Crippen LogP contribution in [0.15, 0.2) is 22.7 Å². The van der Waals surface area contributed by atoms with Crippen molar-refractivity contribution in [2.45, 2.75) is 20.5 Å². The van der Waals surface area contributed by atoms with Crippen molar-refractivity contribution in [3.05, 3.63) is 33.8 Å². The molecule has 3 nitrogen and oxygen atoms in total. The predicted molar refractivity (Wildman–Crippen MR) is 65.6 cm³/mol. The van der Waals surface area contributed by atoms with Crippen molar-refractivity contribution in [1.82, 2.24) is 0 Å². The molecule has 0 saturated heterocycles. The van der Waals surface area contributed by atoms with Crippen LogP contribution in [0, 0.1) is 5.92 Å². The summed E-state index contributed by atoms with van der Waals surface area (Å²) in [6, 6.07) is 4.93. The molecular formula is C12H15BrO3. The summed E-state index contributed by atoms with van der Waals surface area (Å²) >= 11 is 3.37. The molecule has 0 heterocycles. The quantitative estimate of drug-likeness (QED) is 0.903. The molecule has 1 rings (SSSR count). The van der Waals surface area contributed by atoms with Gasteiger partial charge in [0.15, 0.2) is 0 Å². The molecule has 1 aromatic carbocycles. The Morgan fingerprint density at radius 1 is 1.50 bits per heavy atom. The third kappa shape index (κ3) is 3.94. The van der Waals surface area contributed by atoms with Crippen LogP contribution in [0.25, 0.3) is 0 Å². The number of halogens is 1. The lowest BCUT2D eigenvalue weighted by Crippen LogP contribution is -2.04. The first kappa shape index (κ1) is 13.2. The van der Waals surface area contributed by atoms with Gasteiger partial charge in [0.2, 0.25) is 0 Å². The maximum Gasteiger partial charge on any atom is 0.335 e. The highest BCUT2D eigenvalue weighted by atomic mass is 79.9. The van der Waals surface area contributed by atoms with Crippen molar-refractivity contribution in [3.8, 4) is 0 Å². The summed E-state index contributed by atoms with van der Waals surface area (Å²) in [5.41, 5.74) is 1.15. The van der Waals surface area contributed by atoms with Gasteiger partial charge in [-0.05, 0) is 29.7 Å². The standard InChI is InChI=1S/C12H15BrO3/c1-8(2)6-16-7-10-5-9(12(14)15)3-4-11(10)13/h3-5,8H,6-7H2,1-2H3,(H,14,15). The number of hydrogen-bond acceptors (Lipinski definition) is 2. The van der Waals surface area contributed by atoms with E-state index in [2.05, 4.69) is 29.8 Å². The lowest BCUT2D eigenvalue weighted by atomic mass is 10.1. The second-order valence-electron chi connectivity index (χ2n) is 4.02. The topological polar surface area (TPSA) is 46.5 Å². The van der Waals surface area contributed by atoms with Crippen LogP contribution in [-0.2, 0) is 11.3 Å². The molecule has 0 saturated carbocycles. The van der Waals surface area contributed by atoms with Crippen molar-refractivity contribution < 1.29 is 14.6 Å². The van der Waals surface area contributed by atoms with Gasteiger partial charge in [0.25, 0.3) is 0 Å². The molecule has 0 radical (unpaired) electrons. The van der Waals surface area contributed by atoms with Gasteiger partial charge >= 0.3 is 5.97 Å². The third-order valence-corrected chi connectivity index (χ3v) is 2.78. The molecule has 0 bridgehead atoms. The molecular weight excluding hydrogens is 272 g/mol. The summed E-state index contributed by atoms with van der Waals surface area (Å²) in [7, 11) is 0. The van der Waals surface area contributed by atoms with Crippen LogP contribution >= 0.6 is 15.9 Å². The van der Waals surface area contributed by atoms with Gasteiger partial charge in [-0.15, -0.1) is 0 Å². The molecule has 0 aromatic heterocycles. The number of aromatic carboxylic acids is 1. The minimum Gasteiger partial charge on any atom is -0.478 e. The summed E-state index contributed by atoms with van der Waals surface area (Å²) < 4.78 is 6.35. The maximum atomic E-state index is 10.8. The lowest BCUT2D eigenvalue weighted by molar-refractivity contribution is 0.0695. The van der Waals surface area contributed by atoms with Crippen molar-refractivity contribution in [2.24, 2.45) is 5.92 Å². The molecule has 88 valence electrons. The molecule has 1 aromatic rings. The van der Waals surface area contributed by atoms with Crippen LogP contribution in [0.5, 0.6) is 0 Å². The summed E-state index contributed by atoms with van der Waals surface area (Å²) in [4.78, 5) is 10.8. The fraction of sp³-hybridized carbons (Fsp3) is 0.417. The molecule has 16 heavy (non-hydrogen) atoms. The van der Waals surface area contributed by atoms with Gasteiger partial charge in [0, 0.05) is 11.1 Å². The fourth-order valence-corrected chi connectivity index (χ4v) is 1.58. The molecule has 0 amide bonds. The highest BCUT2D eigenvalue weighted by Gasteiger charge is 2.07. The van der Waals surface area contributed by atoms with Crippen molar-refractivity contribution in [3.63, 3.8) is 0 Å². The van der Waals surface area contributed by atoms with E-state index in [1.807, 2.05) is 0 Å². The first-order chi connectivity index (χ1) is 7.50. The number of rotatable bonds is 5. The molecule has 0 aliphatic rings. The molecule has 1 N–H and O–H groups in total. The van der Waals surface area contributed by atoms with Crippen LogP contribution in [0.1, 0.15) is 29.8 Å². The molecule has 0 unspecified atom stereocenters. The van der Waals surface area contributed by atoms with E-state index in [1.165, 1.54) is 0 Å². The molecule has 0 aliphatic heterocycles. The van der Waals surface area contributed by atoms with Gasteiger partial charge in [0.05, 0.1) is 12.2 Å². The van der Waals surface area contributed by atoms with Crippen molar-refractivity contribution in [1.29, 1.82) is 0 Å². The van der Waals surface area contributed by atoms with Crippen LogP contribution in [-0.4, -0.2) is 17.7 Å². The summed E-state index contributed by atoms with van der Waals surface area (Å²) in [6.45, 7) is 5.25. The Morgan fingerprint density at radius 2 is 2.19 bits per heavy atom. The summed E-state index contributed by atoms with van der Waals surface area (Å²) in [5.74, 6) is -0.445. The zero-order valence-corrected chi connectivity index (χ0v) is 11.0. The third-order valence-electron chi connectivity index (χ3n) is 2.00. The smallest absolute Gasteiger partial charge is 0.335 e. The number of ether oxygens (including phenoxy) is 1. The lowest BCUT2D eigenvalue weighted by Gasteiger charge is -2.09. The Balaban J connectivity index is 2.70. The number of benzene rings is 1. The highest BCUT2D eigenvalue weighted by Crippen LogP contribution is 2.19. The Bertz CT molecular complexity index is 375. The largest absolute Gasteiger partial charge is 0.478 e. The highest BCUT2D eigenvalue weighted by molar-refractivity contribution is 9.10. The van der Waals surface area contributed by atoms with Gasteiger partial charge in [-0.1, -0.05) is 29.8 Å². The van der Waals surface area contributed by atoms with Gasteiger partial charge < -0.3 is 9.84 Å². The zero-order valence-electron chi connectivity index (χ0n) is 9.37. The van der Waals surface area contributed by atoms with Gasteiger partial charge in [-0.2, -0.15) is 0 Å². The molecule has 0 aliphatic carbocycles. The van der Waals surface area contributed by atoms with Crippen LogP contribution in [0.4, 0.5) is 0 Å². The Morgan fingerprint density at radius 3 is 2.75 bits per heavy atom. The van der Waals surface area contributed by atoms with E-state index in [9.17, 15) is 4.79 Å². The normalized spacial score (nSPS) is 10.8. The van der Waals surface area contributed by atoms with E-state index in [0.717, 1.165) is 10.0 Å². The first-order valence-corrected chi connectivity index (χ1v) is 5.89. The Labute approximate surface area is 104 Å². The van der Waals surface area contributed by atoms with Gasteiger partial charge in [-0.3, -0.25) is 0 Å². The van der Waals surface area contributed by atoms with Crippen LogP contribution in [0.3, 0.4) is 0 Å². The first-order valence-electron chi connectivity index (χ1n) is 5.10. The second-order valence-corrected chi connectivity index (χ2v) is 4.87. The molecule has 4 heteroatoms. The SMILES string of the molecule is CC(C)COCc1cc(C(=O)O)ccc1Br. The Hall–Kier alpha value is -0.870. The minimum absolute atomic E-state index is 0.284. The predicted octanol–water partition coefficient (Wildman–Crippen LogP) is 3.32. The number of carbonyl (C=O) groups is 1. The molecule has 0 atom stereocenters. The average Bonchev–Trinajstić information content (AvgIpc) is 2.20. The van der Waals surface area contributed by atoms with Crippen molar-refractivity contribution in [2.75, 3.05) is 6.61 Å². The molecule has 0 spiro atoms. The fourth-order valence-electron chi connectivity index (χ4n) is 1.22. The van der Waals surface area contributed by atoms with Gasteiger partial charge in [-0.25, -0.2) is 4.79 Å². The summed E-state index contributed by atoms with van der Waals surface area (Å²) in [5, 5.41) is 8.86. The summed E-state index contributed by atoms with van der Waals surface area (Å²) in [6.07, 6.45) is 0. The maximum absolute atomic E-state index is 10.8. The van der Waals surface area contributed by atoms with Crippen LogP contribution < -0.4 is 0 Å². The second kappa shape index (κ2) is 6.01. The monoisotopic (exact) mass is 286 g/mol. The number of hydrogen-bond donors (Lipinski definition) is 1. The van der Waals surface area contributed by atoms with E-state index < -0.39 is 5.97 Å². The molecule has 0 fully saturated rings. The van der Waals surface area contributed by atoms with E-state index in [-0.39, 0.29) is 5.56 Å². The minimum atomic E-state index is -0.919. The Kier molecular flexibility index (Phi) is 4.96. The number of carboxylic acids is 1. The van der Waals surface area contributed by atoms with E-state index in [4.69, 9.17) is 9.84 Å². The zero-order chi connectivity index (χ0) is 12.1. The van der Waals surface area contributed by atoms with Crippen LogP contribution in [0.2, 0.25) is 0 Å². The van der Waals surface area contributed by atoms with Crippen molar-refractivity contribution >= 4 is 21.9 Å². The van der Waals surface area contributed by atoms with E-state index in [0.29, 0.717) is 19.1 Å². The van der Waals surface area contributed by atoms with E-state index >= 15 is 0 Å².